The number of ether oxygens (including phenoxy) is 1. The predicted octanol–water partition coefficient (Wildman–Crippen LogP) is 3.38. The average Bonchev–Trinajstić information content (AvgIpc) is 3.31. The molecule has 3 nitrogen and oxygen atoms in total. The molecule has 2 aliphatic carbocycles. The Bertz CT molecular complexity index is 449. The summed E-state index contributed by atoms with van der Waals surface area (Å²) in [5.41, 5.74) is 0.993. The van der Waals surface area contributed by atoms with Crippen LogP contribution in [-0.2, 0) is 0 Å². The van der Waals surface area contributed by atoms with E-state index in [-0.39, 0.29) is 6.10 Å². The van der Waals surface area contributed by atoms with Gasteiger partial charge in [0.1, 0.15) is 5.75 Å². The Hall–Kier alpha value is -1.06. The van der Waals surface area contributed by atoms with Gasteiger partial charge in [0.25, 0.3) is 0 Å². The van der Waals surface area contributed by atoms with Gasteiger partial charge in [0.15, 0.2) is 0 Å². The molecule has 0 heterocycles. The summed E-state index contributed by atoms with van der Waals surface area (Å²) in [5, 5.41) is 10.5. The average molecular weight is 289 g/mol. The smallest absolute Gasteiger partial charge is 0.119 e. The first-order chi connectivity index (χ1) is 10.1. The highest BCUT2D eigenvalue weighted by atomic mass is 16.5. The molecule has 21 heavy (non-hydrogen) atoms. The summed E-state index contributed by atoms with van der Waals surface area (Å²) >= 11 is 0. The lowest BCUT2D eigenvalue weighted by atomic mass is 10.1. The van der Waals surface area contributed by atoms with E-state index >= 15 is 0 Å². The Kier molecular flexibility index (Phi) is 4.51. The molecule has 2 saturated carbocycles. The van der Waals surface area contributed by atoms with Crippen molar-refractivity contribution in [2.24, 2.45) is 5.92 Å². The first kappa shape index (κ1) is 14.9. The maximum atomic E-state index is 10.5. The largest absolute Gasteiger partial charge is 0.491 e. The van der Waals surface area contributed by atoms with Crippen LogP contribution in [0.4, 0.5) is 0 Å². The van der Waals surface area contributed by atoms with Crippen LogP contribution in [-0.4, -0.2) is 35.2 Å². The first-order valence-corrected chi connectivity index (χ1v) is 8.30. The van der Waals surface area contributed by atoms with E-state index in [1.165, 1.54) is 32.2 Å². The van der Waals surface area contributed by atoms with E-state index in [0.29, 0.717) is 0 Å². The van der Waals surface area contributed by atoms with Gasteiger partial charge in [0, 0.05) is 19.1 Å². The van der Waals surface area contributed by atoms with Gasteiger partial charge in [-0.2, -0.15) is 0 Å². The van der Waals surface area contributed by atoms with E-state index in [0.717, 1.165) is 29.8 Å². The molecular formula is C18H27NO2. The molecule has 2 aliphatic rings. The molecule has 116 valence electrons. The van der Waals surface area contributed by atoms with Gasteiger partial charge in [-0.3, -0.25) is 4.90 Å². The van der Waals surface area contributed by atoms with E-state index < -0.39 is 6.10 Å². The van der Waals surface area contributed by atoms with E-state index in [4.69, 9.17) is 4.74 Å². The summed E-state index contributed by atoms with van der Waals surface area (Å²) in [4.78, 5) is 2.50. The Balaban J connectivity index is 1.56. The van der Waals surface area contributed by atoms with Crippen molar-refractivity contribution in [3.05, 3.63) is 29.8 Å². The Morgan fingerprint density at radius 3 is 2.33 bits per heavy atom. The quantitative estimate of drug-likeness (QED) is 0.796. The molecule has 1 unspecified atom stereocenters. The topological polar surface area (TPSA) is 32.7 Å². The van der Waals surface area contributed by atoms with Crippen molar-refractivity contribution in [3.8, 4) is 5.75 Å². The number of rotatable bonds is 8. The van der Waals surface area contributed by atoms with Crippen LogP contribution in [0.3, 0.4) is 0 Å². The van der Waals surface area contributed by atoms with Gasteiger partial charge in [0.2, 0.25) is 0 Å². The zero-order chi connectivity index (χ0) is 14.8. The Labute approximate surface area is 127 Å². The molecule has 0 saturated heterocycles. The molecule has 0 radical (unpaired) electrons. The van der Waals surface area contributed by atoms with Crippen molar-refractivity contribution in [1.82, 2.24) is 4.90 Å². The predicted molar refractivity (Wildman–Crippen MR) is 84.5 cm³/mol. The highest BCUT2D eigenvalue weighted by Gasteiger charge is 2.34. The van der Waals surface area contributed by atoms with Gasteiger partial charge in [0.05, 0.1) is 12.2 Å². The summed E-state index contributed by atoms with van der Waals surface area (Å²) < 4.78 is 5.65. The summed E-state index contributed by atoms with van der Waals surface area (Å²) in [6, 6.07) is 8.63. The van der Waals surface area contributed by atoms with Crippen molar-refractivity contribution < 1.29 is 9.84 Å². The lowest BCUT2D eigenvalue weighted by Gasteiger charge is -2.25. The van der Waals surface area contributed by atoms with Crippen LogP contribution >= 0.6 is 0 Å². The van der Waals surface area contributed by atoms with E-state index in [1.54, 1.807) is 0 Å². The van der Waals surface area contributed by atoms with Crippen molar-refractivity contribution in [2.75, 3.05) is 13.1 Å². The standard InChI is InChI=1S/C18H27NO2/c1-13(2)21-17-9-5-15(6-10-17)18(20)12-19(16-7-8-16)11-14-3-4-14/h5-6,9-10,13-14,16,18,20H,3-4,7-8,11-12H2,1-2H3. The number of hydrogen-bond acceptors (Lipinski definition) is 3. The van der Waals surface area contributed by atoms with E-state index in [1.807, 2.05) is 38.1 Å². The van der Waals surface area contributed by atoms with Crippen molar-refractivity contribution in [3.63, 3.8) is 0 Å². The zero-order valence-electron chi connectivity index (χ0n) is 13.2. The highest BCUT2D eigenvalue weighted by Crippen LogP contribution is 2.35. The molecule has 1 aromatic rings. The molecular weight excluding hydrogens is 262 g/mol. The molecule has 0 aliphatic heterocycles. The van der Waals surface area contributed by atoms with Gasteiger partial charge < -0.3 is 9.84 Å². The third kappa shape index (κ3) is 4.45. The molecule has 0 bridgehead atoms. The van der Waals surface area contributed by atoms with Crippen LogP contribution in [0.5, 0.6) is 5.75 Å². The fraction of sp³-hybridized carbons (Fsp3) is 0.667. The lowest BCUT2D eigenvalue weighted by Crippen LogP contribution is -2.32. The molecule has 3 rings (SSSR count). The third-order valence-corrected chi connectivity index (χ3v) is 4.30. The number of benzene rings is 1. The lowest BCUT2D eigenvalue weighted by molar-refractivity contribution is 0.105. The maximum absolute atomic E-state index is 10.5. The highest BCUT2D eigenvalue weighted by molar-refractivity contribution is 5.28. The Morgan fingerprint density at radius 1 is 1.14 bits per heavy atom. The van der Waals surface area contributed by atoms with E-state index in [9.17, 15) is 5.11 Å². The molecule has 0 aromatic heterocycles. The van der Waals surface area contributed by atoms with Crippen LogP contribution in [0, 0.1) is 5.92 Å². The van der Waals surface area contributed by atoms with Crippen LogP contribution in [0.1, 0.15) is 51.2 Å². The minimum Gasteiger partial charge on any atom is -0.491 e. The number of aliphatic hydroxyl groups excluding tert-OH is 1. The van der Waals surface area contributed by atoms with Crippen LogP contribution in [0.15, 0.2) is 24.3 Å². The fourth-order valence-corrected chi connectivity index (χ4v) is 2.81. The van der Waals surface area contributed by atoms with Gasteiger partial charge in [-0.1, -0.05) is 12.1 Å². The number of aliphatic hydroxyl groups is 1. The van der Waals surface area contributed by atoms with Crippen molar-refractivity contribution in [2.45, 2.75) is 57.8 Å². The summed E-state index contributed by atoms with van der Waals surface area (Å²) in [6.07, 6.45) is 5.16. The number of hydrogen-bond donors (Lipinski definition) is 1. The van der Waals surface area contributed by atoms with Crippen LogP contribution in [0.25, 0.3) is 0 Å². The molecule has 0 spiro atoms. The van der Waals surface area contributed by atoms with Crippen LogP contribution in [0.2, 0.25) is 0 Å². The van der Waals surface area contributed by atoms with Gasteiger partial charge in [-0.25, -0.2) is 0 Å². The van der Waals surface area contributed by atoms with Crippen molar-refractivity contribution in [1.29, 1.82) is 0 Å². The second-order valence-electron chi connectivity index (χ2n) is 6.88. The second-order valence-corrected chi connectivity index (χ2v) is 6.88. The normalized spacial score (nSPS) is 20.0. The molecule has 1 aromatic carbocycles. The van der Waals surface area contributed by atoms with E-state index in [2.05, 4.69) is 4.90 Å². The van der Waals surface area contributed by atoms with Crippen molar-refractivity contribution >= 4 is 0 Å². The minimum atomic E-state index is -0.391. The molecule has 1 N–H and O–H groups in total. The molecule has 1 atom stereocenters. The second kappa shape index (κ2) is 6.37. The minimum absolute atomic E-state index is 0.185. The zero-order valence-corrected chi connectivity index (χ0v) is 13.2. The summed E-state index contributed by atoms with van der Waals surface area (Å²) in [7, 11) is 0. The van der Waals surface area contributed by atoms with Crippen LogP contribution < -0.4 is 4.74 Å². The SMILES string of the molecule is CC(C)Oc1ccc(C(O)CN(CC2CC2)C2CC2)cc1. The van der Waals surface area contributed by atoms with Gasteiger partial charge in [-0.05, 0) is 63.1 Å². The fourth-order valence-electron chi connectivity index (χ4n) is 2.81. The maximum Gasteiger partial charge on any atom is 0.119 e. The molecule has 2 fully saturated rings. The molecule has 0 amide bonds. The van der Waals surface area contributed by atoms with Gasteiger partial charge in [-0.15, -0.1) is 0 Å². The summed E-state index contributed by atoms with van der Waals surface area (Å²) in [6.45, 7) is 5.99. The van der Waals surface area contributed by atoms with Gasteiger partial charge >= 0.3 is 0 Å². The molecule has 3 heteroatoms. The number of nitrogens with zero attached hydrogens (tertiary/aromatic N) is 1. The first-order valence-electron chi connectivity index (χ1n) is 8.30. The monoisotopic (exact) mass is 289 g/mol. The summed E-state index contributed by atoms with van der Waals surface area (Å²) in [5.74, 6) is 1.76. The Morgan fingerprint density at radius 2 is 1.81 bits per heavy atom. The third-order valence-electron chi connectivity index (χ3n) is 4.30.